The molecule has 0 atom stereocenters. The molecule has 0 radical (unpaired) electrons. The largest absolute Gasteiger partial charge is 0.224 e. The minimum absolute atomic E-state index is 0.580. The first-order valence-corrected chi connectivity index (χ1v) is 6.25. The fourth-order valence-corrected chi connectivity index (χ4v) is 2.48. The maximum absolute atomic E-state index is 5.81. The lowest BCUT2D eigenvalue weighted by Gasteiger charge is -2.01. The number of nitrogens with zero attached hydrogens (tertiary/aromatic N) is 1. The summed E-state index contributed by atoms with van der Waals surface area (Å²) in [5.41, 5.74) is 2.53. The molecule has 15 heavy (non-hydrogen) atoms. The highest BCUT2D eigenvalue weighted by molar-refractivity contribution is 7.13. The smallest absolute Gasteiger partial charge is 0.140 e. The fraction of sp³-hybridized carbons (Fsp3) is 0.250. The molecule has 0 aliphatic heterocycles. The summed E-state index contributed by atoms with van der Waals surface area (Å²) < 4.78 is 0. The van der Waals surface area contributed by atoms with E-state index in [2.05, 4.69) is 36.2 Å². The summed E-state index contributed by atoms with van der Waals surface area (Å²) in [4.78, 5) is 4.27. The highest BCUT2D eigenvalue weighted by Gasteiger charge is 2.03. The molecule has 0 bridgehead atoms. The standard InChI is InChI=1S/C12H12ClNS/c1-2-4-9-5-3-6-10(7-9)12-14-11(13)8-15-12/h3,5-8H,2,4H2,1H3. The van der Waals surface area contributed by atoms with Crippen molar-refractivity contribution in [2.45, 2.75) is 19.8 Å². The van der Waals surface area contributed by atoms with Crippen LogP contribution in [0.2, 0.25) is 5.15 Å². The van der Waals surface area contributed by atoms with E-state index < -0.39 is 0 Å². The van der Waals surface area contributed by atoms with Gasteiger partial charge in [-0.3, -0.25) is 0 Å². The molecule has 2 aromatic rings. The van der Waals surface area contributed by atoms with Crippen LogP contribution in [0.1, 0.15) is 18.9 Å². The van der Waals surface area contributed by atoms with E-state index in [1.165, 1.54) is 12.0 Å². The van der Waals surface area contributed by atoms with E-state index in [-0.39, 0.29) is 0 Å². The second-order valence-electron chi connectivity index (χ2n) is 3.43. The molecular formula is C12H12ClNS. The number of hydrogen-bond acceptors (Lipinski definition) is 2. The molecule has 0 aliphatic rings. The van der Waals surface area contributed by atoms with Crippen LogP contribution in [0.5, 0.6) is 0 Å². The van der Waals surface area contributed by atoms with E-state index in [0.29, 0.717) is 5.15 Å². The Morgan fingerprint density at radius 3 is 2.93 bits per heavy atom. The molecule has 0 spiro atoms. The summed E-state index contributed by atoms with van der Waals surface area (Å²) in [6, 6.07) is 8.50. The number of aromatic nitrogens is 1. The molecule has 0 N–H and O–H groups in total. The van der Waals surface area contributed by atoms with E-state index in [4.69, 9.17) is 11.6 Å². The maximum Gasteiger partial charge on any atom is 0.140 e. The van der Waals surface area contributed by atoms with Crippen molar-refractivity contribution < 1.29 is 0 Å². The van der Waals surface area contributed by atoms with Crippen molar-refractivity contribution in [2.75, 3.05) is 0 Å². The number of thiazole rings is 1. The number of aryl methyl sites for hydroxylation is 1. The van der Waals surface area contributed by atoms with Gasteiger partial charge >= 0.3 is 0 Å². The Kier molecular flexibility index (Phi) is 3.39. The Balaban J connectivity index is 2.32. The van der Waals surface area contributed by atoms with E-state index in [0.717, 1.165) is 17.0 Å². The van der Waals surface area contributed by atoms with Gasteiger partial charge in [-0.15, -0.1) is 11.3 Å². The number of hydrogen-bond donors (Lipinski definition) is 0. The van der Waals surface area contributed by atoms with Gasteiger partial charge in [-0.1, -0.05) is 43.1 Å². The quantitative estimate of drug-likeness (QED) is 0.770. The third kappa shape index (κ3) is 2.58. The van der Waals surface area contributed by atoms with E-state index in [1.54, 1.807) is 11.3 Å². The zero-order valence-electron chi connectivity index (χ0n) is 8.53. The molecular weight excluding hydrogens is 226 g/mol. The second kappa shape index (κ2) is 4.77. The normalized spacial score (nSPS) is 10.5. The third-order valence-corrected chi connectivity index (χ3v) is 3.40. The molecule has 0 unspecified atom stereocenters. The molecule has 1 nitrogen and oxygen atoms in total. The first-order valence-electron chi connectivity index (χ1n) is 5.00. The van der Waals surface area contributed by atoms with Gasteiger partial charge in [-0.2, -0.15) is 0 Å². The van der Waals surface area contributed by atoms with Crippen LogP contribution in [-0.4, -0.2) is 4.98 Å². The molecule has 0 aliphatic carbocycles. The Hall–Kier alpha value is -0.860. The predicted octanol–water partition coefficient (Wildman–Crippen LogP) is 4.42. The first kappa shape index (κ1) is 10.7. The second-order valence-corrected chi connectivity index (χ2v) is 4.67. The van der Waals surface area contributed by atoms with Crippen LogP contribution in [0.4, 0.5) is 0 Å². The van der Waals surface area contributed by atoms with Gasteiger partial charge in [0.1, 0.15) is 10.2 Å². The van der Waals surface area contributed by atoms with Crippen molar-refractivity contribution in [1.82, 2.24) is 4.98 Å². The van der Waals surface area contributed by atoms with Gasteiger partial charge in [-0.25, -0.2) is 4.98 Å². The molecule has 3 heteroatoms. The van der Waals surface area contributed by atoms with Crippen molar-refractivity contribution in [3.8, 4) is 10.6 Å². The summed E-state index contributed by atoms with van der Waals surface area (Å²) in [6.45, 7) is 2.19. The summed E-state index contributed by atoms with van der Waals surface area (Å²) in [5, 5.41) is 3.44. The lowest BCUT2D eigenvalue weighted by atomic mass is 10.1. The van der Waals surface area contributed by atoms with Crippen LogP contribution in [0.15, 0.2) is 29.6 Å². The third-order valence-electron chi connectivity index (χ3n) is 2.19. The Bertz CT molecular complexity index is 450. The molecule has 1 aromatic heterocycles. The van der Waals surface area contributed by atoms with Crippen LogP contribution < -0.4 is 0 Å². The van der Waals surface area contributed by atoms with E-state index in [9.17, 15) is 0 Å². The minimum Gasteiger partial charge on any atom is -0.224 e. The molecule has 78 valence electrons. The van der Waals surface area contributed by atoms with Crippen LogP contribution in [0.25, 0.3) is 10.6 Å². The van der Waals surface area contributed by atoms with Crippen LogP contribution in [0, 0.1) is 0 Å². The SMILES string of the molecule is CCCc1cccc(-c2nc(Cl)cs2)c1. The van der Waals surface area contributed by atoms with Crippen LogP contribution >= 0.6 is 22.9 Å². The first-order chi connectivity index (χ1) is 7.29. The Morgan fingerprint density at radius 2 is 2.27 bits per heavy atom. The average Bonchev–Trinajstić information content (AvgIpc) is 2.66. The van der Waals surface area contributed by atoms with E-state index >= 15 is 0 Å². The molecule has 2 rings (SSSR count). The zero-order valence-corrected chi connectivity index (χ0v) is 10.1. The van der Waals surface area contributed by atoms with E-state index in [1.807, 2.05) is 5.38 Å². The molecule has 0 fully saturated rings. The van der Waals surface area contributed by atoms with Gasteiger partial charge in [0.25, 0.3) is 0 Å². The zero-order chi connectivity index (χ0) is 10.7. The Morgan fingerprint density at radius 1 is 1.40 bits per heavy atom. The Labute approximate surface area is 98.7 Å². The highest BCUT2D eigenvalue weighted by Crippen LogP contribution is 2.26. The lowest BCUT2D eigenvalue weighted by molar-refractivity contribution is 0.922. The maximum atomic E-state index is 5.81. The van der Waals surface area contributed by atoms with Crippen molar-refractivity contribution in [1.29, 1.82) is 0 Å². The number of benzene rings is 1. The average molecular weight is 238 g/mol. The molecule has 0 saturated heterocycles. The molecule has 0 saturated carbocycles. The summed E-state index contributed by atoms with van der Waals surface area (Å²) >= 11 is 7.40. The highest BCUT2D eigenvalue weighted by atomic mass is 35.5. The summed E-state index contributed by atoms with van der Waals surface area (Å²) in [7, 11) is 0. The topological polar surface area (TPSA) is 12.9 Å². The summed E-state index contributed by atoms with van der Waals surface area (Å²) in [5.74, 6) is 0. The molecule has 1 aromatic carbocycles. The van der Waals surface area contributed by atoms with Crippen molar-refractivity contribution in [2.24, 2.45) is 0 Å². The van der Waals surface area contributed by atoms with Crippen LogP contribution in [-0.2, 0) is 6.42 Å². The number of rotatable bonds is 3. The van der Waals surface area contributed by atoms with Gasteiger partial charge in [0.2, 0.25) is 0 Å². The number of halogens is 1. The van der Waals surface area contributed by atoms with Gasteiger partial charge in [0.05, 0.1) is 0 Å². The molecule has 0 amide bonds. The van der Waals surface area contributed by atoms with Gasteiger partial charge in [0.15, 0.2) is 0 Å². The van der Waals surface area contributed by atoms with Crippen LogP contribution in [0.3, 0.4) is 0 Å². The van der Waals surface area contributed by atoms with Crippen molar-refractivity contribution in [3.05, 3.63) is 40.4 Å². The molecule has 1 heterocycles. The predicted molar refractivity (Wildman–Crippen MR) is 66.6 cm³/mol. The minimum atomic E-state index is 0.580. The lowest BCUT2D eigenvalue weighted by Crippen LogP contribution is -1.84. The summed E-state index contributed by atoms with van der Waals surface area (Å²) in [6.07, 6.45) is 2.29. The van der Waals surface area contributed by atoms with Crippen molar-refractivity contribution >= 4 is 22.9 Å². The van der Waals surface area contributed by atoms with Crippen molar-refractivity contribution in [3.63, 3.8) is 0 Å². The fourth-order valence-electron chi connectivity index (χ4n) is 1.54. The van der Waals surface area contributed by atoms with Gasteiger partial charge in [-0.05, 0) is 18.1 Å². The van der Waals surface area contributed by atoms with Gasteiger partial charge < -0.3 is 0 Å². The van der Waals surface area contributed by atoms with Gasteiger partial charge in [0, 0.05) is 10.9 Å². The monoisotopic (exact) mass is 237 g/mol.